The van der Waals surface area contributed by atoms with Gasteiger partial charge in [0.1, 0.15) is 18.2 Å². The van der Waals surface area contributed by atoms with Crippen LogP contribution < -0.4 is 4.74 Å². The number of ether oxygens (including phenoxy) is 2. The number of H-pyrrole nitrogens is 1. The molecule has 2 aromatic carbocycles. The molecular formula is C21H22FN3O3. The zero-order valence-electron chi connectivity index (χ0n) is 15.4. The lowest BCUT2D eigenvalue weighted by Crippen LogP contribution is -2.41. The van der Waals surface area contributed by atoms with E-state index in [1.807, 2.05) is 29.2 Å². The number of likely N-dealkylation sites (tertiary alicyclic amines) is 1. The number of carbonyl (C=O) groups is 1. The number of aromatic nitrogens is 2. The summed E-state index contributed by atoms with van der Waals surface area (Å²) < 4.78 is 24.3. The maximum atomic E-state index is 12.9. The molecule has 0 radical (unpaired) electrons. The SMILES string of the molecule is O=C(c1n[nH]c2ccccc12)N1CCC(OCCOc2ccc(F)cc2)CC1. The number of para-hydroxylation sites is 1. The largest absolute Gasteiger partial charge is 0.491 e. The van der Waals surface area contributed by atoms with E-state index < -0.39 is 0 Å². The van der Waals surface area contributed by atoms with E-state index in [9.17, 15) is 9.18 Å². The molecule has 1 N–H and O–H groups in total. The van der Waals surface area contributed by atoms with Crippen LogP contribution in [0.4, 0.5) is 4.39 Å². The second-order valence-corrected chi connectivity index (χ2v) is 6.78. The highest BCUT2D eigenvalue weighted by atomic mass is 19.1. The van der Waals surface area contributed by atoms with Crippen LogP contribution in [0.25, 0.3) is 10.9 Å². The minimum Gasteiger partial charge on any atom is -0.491 e. The number of benzene rings is 2. The monoisotopic (exact) mass is 383 g/mol. The van der Waals surface area contributed by atoms with E-state index in [0.717, 1.165) is 23.7 Å². The zero-order valence-corrected chi connectivity index (χ0v) is 15.4. The van der Waals surface area contributed by atoms with Gasteiger partial charge in [-0.3, -0.25) is 9.89 Å². The van der Waals surface area contributed by atoms with Gasteiger partial charge in [0.25, 0.3) is 5.91 Å². The first-order chi connectivity index (χ1) is 13.7. The molecule has 0 spiro atoms. The summed E-state index contributed by atoms with van der Waals surface area (Å²) in [5.41, 5.74) is 1.34. The molecule has 1 aliphatic heterocycles. The van der Waals surface area contributed by atoms with Crippen LogP contribution in [-0.2, 0) is 4.74 Å². The first-order valence-corrected chi connectivity index (χ1v) is 9.43. The predicted octanol–water partition coefficient (Wildman–Crippen LogP) is 3.40. The molecule has 1 aromatic heterocycles. The van der Waals surface area contributed by atoms with E-state index in [1.54, 1.807) is 12.1 Å². The Labute approximate surface area is 162 Å². The molecule has 0 atom stereocenters. The summed E-state index contributed by atoms with van der Waals surface area (Å²) in [5, 5.41) is 7.96. The van der Waals surface area contributed by atoms with Gasteiger partial charge in [-0.2, -0.15) is 5.10 Å². The van der Waals surface area contributed by atoms with Gasteiger partial charge in [-0.05, 0) is 43.2 Å². The van der Waals surface area contributed by atoms with Crippen LogP contribution in [0.5, 0.6) is 5.75 Å². The molecule has 4 rings (SSSR count). The Kier molecular flexibility index (Phi) is 5.53. The molecule has 6 nitrogen and oxygen atoms in total. The maximum absolute atomic E-state index is 12.9. The van der Waals surface area contributed by atoms with Crippen molar-refractivity contribution < 1.29 is 18.7 Å². The van der Waals surface area contributed by atoms with Crippen LogP contribution in [0.1, 0.15) is 23.3 Å². The highest BCUT2D eigenvalue weighted by Crippen LogP contribution is 2.20. The number of carbonyl (C=O) groups excluding carboxylic acids is 1. The van der Waals surface area contributed by atoms with Crippen LogP contribution >= 0.6 is 0 Å². The van der Waals surface area contributed by atoms with E-state index in [1.165, 1.54) is 12.1 Å². The van der Waals surface area contributed by atoms with Gasteiger partial charge < -0.3 is 14.4 Å². The standard InChI is InChI=1S/C21H22FN3O3/c22-15-5-7-16(8-6-15)27-13-14-28-17-9-11-25(12-10-17)21(26)20-18-3-1-2-4-19(18)23-24-20/h1-8,17H,9-14H2,(H,23,24). The van der Waals surface area contributed by atoms with Gasteiger partial charge >= 0.3 is 0 Å². The molecule has 1 saturated heterocycles. The van der Waals surface area contributed by atoms with Gasteiger partial charge in [0.05, 0.1) is 18.2 Å². The summed E-state index contributed by atoms with van der Waals surface area (Å²) >= 11 is 0. The molecule has 0 saturated carbocycles. The fourth-order valence-electron chi connectivity index (χ4n) is 3.41. The summed E-state index contributed by atoms with van der Waals surface area (Å²) in [5.74, 6) is 0.292. The zero-order chi connectivity index (χ0) is 19.3. The second kappa shape index (κ2) is 8.39. The molecular weight excluding hydrogens is 361 g/mol. The molecule has 28 heavy (non-hydrogen) atoms. The Morgan fingerprint density at radius 1 is 1.11 bits per heavy atom. The van der Waals surface area contributed by atoms with Crippen molar-refractivity contribution in [1.29, 1.82) is 0 Å². The van der Waals surface area contributed by atoms with E-state index in [-0.39, 0.29) is 17.8 Å². The lowest BCUT2D eigenvalue weighted by molar-refractivity contribution is -0.00246. The summed E-state index contributed by atoms with van der Waals surface area (Å²) in [4.78, 5) is 14.6. The molecule has 146 valence electrons. The molecule has 0 aliphatic carbocycles. The minimum absolute atomic E-state index is 0.0458. The Morgan fingerprint density at radius 2 is 1.86 bits per heavy atom. The predicted molar refractivity (Wildman–Crippen MR) is 103 cm³/mol. The van der Waals surface area contributed by atoms with Gasteiger partial charge in [0, 0.05) is 18.5 Å². The molecule has 1 amide bonds. The van der Waals surface area contributed by atoms with Crippen molar-refractivity contribution in [3.8, 4) is 5.75 Å². The smallest absolute Gasteiger partial charge is 0.274 e. The molecule has 1 fully saturated rings. The van der Waals surface area contributed by atoms with Gasteiger partial charge in [-0.25, -0.2) is 4.39 Å². The highest BCUT2D eigenvalue weighted by Gasteiger charge is 2.26. The van der Waals surface area contributed by atoms with Crippen LogP contribution in [0, 0.1) is 5.82 Å². The lowest BCUT2D eigenvalue weighted by Gasteiger charge is -2.31. The Morgan fingerprint density at radius 3 is 2.64 bits per heavy atom. The summed E-state index contributed by atoms with van der Waals surface area (Å²) in [6.07, 6.45) is 1.67. The van der Waals surface area contributed by atoms with Crippen LogP contribution in [0.15, 0.2) is 48.5 Å². The molecule has 2 heterocycles. The average molecular weight is 383 g/mol. The van der Waals surface area contributed by atoms with Gasteiger partial charge in [0.15, 0.2) is 5.69 Å². The molecule has 0 unspecified atom stereocenters. The number of nitrogens with one attached hydrogen (secondary N) is 1. The summed E-state index contributed by atoms with van der Waals surface area (Å²) in [7, 11) is 0. The van der Waals surface area contributed by atoms with Crippen LogP contribution in [0.2, 0.25) is 0 Å². The number of halogens is 1. The number of fused-ring (bicyclic) bond motifs is 1. The van der Waals surface area contributed by atoms with Crippen molar-refractivity contribution in [3.63, 3.8) is 0 Å². The summed E-state index contributed by atoms with van der Waals surface area (Å²) in [6.45, 7) is 2.15. The molecule has 1 aliphatic rings. The first kappa shape index (κ1) is 18.4. The number of hydrogen-bond acceptors (Lipinski definition) is 4. The Balaban J connectivity index is 1.22. The summed E-state index contributed by atoms with van der Waals surface area (Å²) in [6, 6.07) is 13.6. The van der Waals surface area contributed by atoms with E-state index in [0.29, 0.717) is 37.7 Å². The van der Waals surface area contributed by atoms with Crippen molar-refractivity contribution in [2.45, 2.75) is 18.9 Å². The molecule has 3 aromatic rings. The van der Waals surface area contributed by atoms with Crippen LogP contribution in [-0.4, -0.2) is 53.4 Å². The van der Waals surface area contributed by atoms with Crippen LogP contribution in [0.3, 0.4) is 0 Å². The maximum Gasteiger partial charge on any atom is 0.274 e. The highest BCUT2D eigenvalue weighted by molar-refractivity contribution is 6.04. The first-order valence-electron chi connectivity index (χ1n) is 9.43. The number of hydrogen-bond donors (Lipinski definition) is 1. The van der Waals surface area contributed by atoms with E-state index >= 15 is 0 Å². The number of aromatic amines is 1. The molecule has 0 bridgehead atoms. The van der Waals surface area contributed by atoms with Gasteiger partial charge in [-0.15, -0.1) is 0 Å². The van der Waals surface area contributed by atoms with E-state index in [4.69, 9.17) is 9.47 Å². The average Bonchev–Trinajstić information content (AvgIpc) is 3.17. The number of piperidine rings is 1. The third kappa shape index (κ3) is 4.14. The Bertz CT molecular complexity index is 933. The fourth-order valence-corrected chi connectivity index (χ4v) is 3.41. The van der Waals surface area contributed by atoms with Crippen molar-refractivity contribution in [3.05, 3.63) is 60.0 Å². The molecule has 7 heteroatoms. The van der Waals surface area contributed by atoms with E-state index in [2.05, 4.69) is 10.2 Å². The minimum atomic E-state index is -0.284. The number of amides is 1. The van der Waals surface area contributed by atoms with Crippen molar-refractivity contribution >= 4 is 16.8 Å². The normalized spacial score (nSPS) is 15.1. The third-order valence-corrected chi connectivity index (χ3v) is 4.92. The van der Waals surface area contributed by atoms with Gasteiger partial charge in [-0.1, -0.05) is 18.2 Å². The lowest BCUT2D eigenvalue weighted by atomic mass is 10.1. The Hall–Kier alpha value is -2.93. The fraction of sp³-hybridized carbons (Fsp3) is 0.333. The second-order valence-electron chi connectivity index (χ2n) is 6.78. The third-order valence-electron chi connectivity index (χ3n) is 4.92. The number of rotatable bonds is 6. The van der Waals surface area contributed by atoms with Crippen molar-refractivity contribution in [2.24, 2.45) is 0 Å². The van der Waals surface area contributed by atoms with Crippen molar-refractivity contribution in [2.75, 3.05) is 26.3 Å². The van der Waals surface area contributed by atoms with Crippen molar-refractivity contribution in [1.82, 2.24) is 15.1 Å². The van der Waals surface area contributed by atoms with Gasteiger partial charge in [0.2, 0.25) is 0 Å². The number of nitrogens with zero attached hydrogens (tertiary/aromatic N) is 2. The topological polar surface area (TPSA) is 67.5 Å². The quantitative estimate of drug-likeness (QED) is 0.663.